The molecule has 0 radical (unpaired) electrons. The van der Waals surface area contributed by atoms with Crippen molar-refractivity contribution < 1.29 is 0 Å². The highest BCUT2D eigenvalue weighted by Crippen LogP contribution is 2.26. The minimum Gasteiger partial charge on any atom is -0.227 e. The van der Waals surface area contributed by atoms with Gasteiger partial charge in [-0.05, 0) is 6.42 Å². The molecule has 0 fully saturated rings. The summed E-state index contributed by atoms with van der Waals surface area (Å²) in [5.41, 5.74) is 1.83. The maximum absolute atomic E-state index is 6.18. The van der Waals surface area contributed by atoms with Crippen LogP contribution in [0.15, 0.2) is 11.6 Å². The molecular weight excluding hydrogens is 253 g/mol. The molecule has 0 bridgehead atoms. The lowest BCUT2D eigenvalue weighted by Crippen LogP contribution is -1.95. The molecule has 6 heteroatoms. The molecule has 0 aliphatic heterocycles. The lowest BCUT2D eigenvalue weighted by atomic mass is 10.2. The molecule has 80 valence electrons. The first-order valence-corrected chi connectivity index (χ1v) is 6.29. The fourth-order valence-electron chi connectivity index (χ4n) is 1.34. The first kappa shape index (κ1) is 10.9. The van der Waals surface area contributed by atoms with Crippen LogP contribution >= 0.6 is 34.5 Å². The van der Waals surface area contributed by atoms with Gasteiger partial charge in [0.05, 0.1) is 11.6 Å². The van der Waals surface area contributed by atoms with Crippen molar-refractivity contribution in [2.24, 2.45) is 0 Å². The number of hydrogen-bond donors (Lipinski definition) is 0. The Morgan fingerprint density at radius 3 is 2.80 bits per heavy atom. The van der Waals surface area contributed by atoms with E-state index in [4.69, 9.17) is 23.2 Å². The van der Waals surface area contributed by atoms with Crippen molar-refractivity contribution in [2.75, 3.05) is 0 Å². The van der Waals surface area contributed by atoms with Gasteiger partial charge in [0.15, 0.2) is 0 Å². The molecule has 0 aliphatic carbocycles. The molecule has 0 atom stereocenters. The Hall–Kier alpha value is -0.580. The van der Waals surface area contributed by atoms with Gasteiger partial charge in [0, 0.05) is 17.1 Å². The predicted molar refractivity (Wildman–Crippen MR) is 63.2 cm³/mol. The summed E-state index contributed by atoms with van der Waals surface area (Å²) in [5, 5.41) is 7.61. The van der Waals surface area contributed by atoms with Crippen molar-refractivity contribution in [3.8, 4) is 5.13 Å². The highest BCUT2D eigenvalue weighted by Gasteiger charge is 2.16. The number of alkyl halides is 1. The zero-order valence-electron chi connectivity index (χ0n) is 8.07. The average molecular weight is 262 g/mol. The van der Waals surface area contributed by atoms with Crippen LogP contribution in [0.25, 0.3) is 5.13 Å². The monoisotopic (exact) mass is 261 g/mol. The fourth-order valence-corrected chi connectivity index (χ4v) is 2.63. The van der Waals surface area contributed by atoms with Gasteiger partial charge in [0.1, 0.15) is 5.15 Å². The van der Waals surface area contributed by atoms with Crippen LogP contribution in [0.2, 0.25) is 5.15 Å². The molecule has 0 aliphatic rings. The average Bonchev–Trinajstić information content (AvgIpc) is 2.84. The van der Waals surface area contributed by atoms with Gasteiger partial charge >= 0.3 is 0 Å². The van der Waals surface area contributed by atoms with Crippen LogP contribution in [0.3, 0.4) is 0 Å². The van der Waals surface area contributed by atoms with Crippen molar-refractivity contribution in [3.63, 3.8) is 0 Å². The summed E-state index contributed by atoms with van der Waals surface area (Å²) in [6, 6.07) is 0. The Bertz CT molecular complexity index is 450. The fraction of sp³-hybridized carbons (Fsp3) is 0.333. The van der Waals surface area contributed by atoms with Crippen LogP contribution in [-0.2, 0) is 12.3 Å². The van der Waals surface area contributed by atoms with Crippen molar-refractivity contribution in [2.45, 2.75) is 19.2 Å². The normalized spacial score (nSPS) is 10.9. The van der Waals surface area contributed by atoms with Gasteiger partial charge in [-0.2, -0.15) is 9.78 Å². The Morgan fingerprint density at radius 2 is 2.33 bits per heavy atom. The molecule has 0 aromatic carbocycles. The second-order valence-electron chi connectivity index (χ2n) is 2.93. The first-order valence-electron chi connectivity index (χ1n) is 4.50. The Morgan fingerprint density at radius 1 is 1.53 bits per heavy atom. The van der Waals surface area contributed by atoms with E-state index in [2.05, 4.69) is 10.1 Å². The number of aromatic nitrogens is 3. The summed E-state index contributed by atoms with van der Waals surface area (Å²) in [7, 11) is 0. The van der Waals surface area contributed by atoms with E-state index in [1.165, 1.54) is 11.3 Å². The number of aryl methyl sites for hydroxylation is 1. The van der Waals surface area contributed by atoms with Gasteiger partial charge in [0.2, 0.25) is 5.13 Å². The van der Waals surface area contributed by atoms with Gasteiger partial charge in [0.25, 0.3) is 0 Å². The van der Waals surface area contributed by atoms with Crippen LogP contribution in [0.4, 0.5) is 0 Å². The van der Waals surface area contributed by atoms with Crippen molar-refractivity contribution in [3.05, 3.63) is 28.0 Å². The largest absolute Gasteiger partial charge is 0.227 e. The third-order valence-electron chi connectivity index (χ3n) is 2.07. The summed E-state index contributed by atoms with van der Waals surface area (Å²) < 4.78 is 1.64. The first-order chi connectivity index (χ1) is 7.27. The molecule has 2 aromatic rings. The quantitative estimate of drug-likeness (QED) is 0.795. The van der Waals surface area contributed by atoms with Gasteiger partial charge in [-0.1, -0.05) is 18.5 Å². The molecule has 2 heterocycles. The summed E-state index contributed by atoms with van der Waals surface area (Å²) in [4.78, 5) is 4.16. The zero-order valence-corrected chi connectivity index (χ0v) is 10.4. The zero-order chi connectivity index (χ0) is 10.8. The summed E-state index contributed by atoms with van der Waals surface area (Å²) >= 11 is 13.5. The second-order valence-corrected chi connectivity index (χ2v) is 4.43. The van der Waals surface area contributed by atoms with Crippen molar-refractivity contribution in [1.29, 1.82) is 0 Å². The van der Waals surface area contributed by atoms with E-state index < -0.39 is 0 Å². The molecule has 2 aromatic heterocycles. The molecule has 15 heavy (non-hydrogen) atoms. The highest BCUT2D eigenvalue weighted by atomic mass is 35.5. The highest BCUT2D eigenvalue weighted by molar-refractivity contribution is 7.12. The van der Waals surface area contributed by atoms with E-state index in [1.54, 1.807) is 10.9 Å². The maximum atomic E-state index is 6.18. The molecule has 0 spiro atoms. The van der Waals surface area contributed by atoms with E-state index >= 15 is 0 Å². The predicted octanol–water partition coefficient (Wildman–Crippen LogP) is 3.28. The van der Waals surface area contributed by atoms with Crippen LogP contribution in [0.5, 0.6) is 0 Å². The van der Waals surface area contributed by atoms with Crippen molar-refractivity contribution >= 4 is 34.5 Å². The number of halogens is 2. The van der Waals surface area contributed by atoms with Crippen molar-refractivity contribution in [1.82, 2.24) is 14.8 Å². The molecule has 0 amide bonds. The van der Waals surface area contributed by atoms with E-state index in [-0.39, 0.29) is 0 Å². The van der Waals surface area contributed by atoms with E-state index in [1.807, 2.05) is 12.3 Å². The number of hydrogen-bond acceptors (Lipinski definition) is 3. The third-order valence-corrected chi connectivity index (χ3v) is 3.48. The van der Waals surface area contributed by atoms with E-state index in [9.17, 15) is 0 Å². The minimum absolute atomic E-state index is 0.382. The maximum Gasteiger partial charge on any atom is 0.211 e. The number of rotatable bonds is 3. The molecule has 2 rings (SSSR count). The molecule has 3 nitrogen and oxygen atoms in total. The summed E-state index contributed by atoms with van der Waals surface area (Å²) in [6.07, 6.45) is 2.55. The van der Waals surface area contributed by atoms with Gasteiger partial charge in [-0.25, -0.2) is 4.98 Å². The number of nitrogens with zero attached hydrogens (tertiary/aromatic N) is 3. The van der Waals surface area contributed by atoms with E-state index in [0.717, 1.165) is 22.8 Å². The Balaban J connectivity index is 2.54. The van der Waals surface area contributed by atoms with Crippen LogP contribution < -0.4 is 0 Å². The summed E-state index contributed by atoms with van der Waals surface area (Å²) in [5.74, 6) is 0.382. The molecule has 0 saturated heterocycles. The smallest absolute Gasteiger partial charge is 0.211 e. The van der Waals surface area contributed by atoms with Gasteiger partial charge in [-0.3, -0.25) is 0 Å². The van der Waals surface area contributed by atoms with E-state index in [0.29, 0.717) is 11.0 Å². The summed E-state index contributed by atoms with van der Waals surface area (Å²) in [6.45, 7) is 2.03. The molecular formula is C9H9Cl2N3S. The van der Waals surface area contributed by atoms with Crippen LogP contribution in [0, 0.1) is 0 Å². The number of thiazole rings is 1. The minimum atomic E-state index is 0.382. The Labute approximate surface area is 102 Å². The third kappa shape index (κ3) is 1.89. The SMILES string of the molecule is CCc1nn(-c2nccs2)c(Cl)c1CCl. The van der Waals surface area contributed by atoms with Gasteiger partial charge in [-0.15, -0.1) is 22.9 Å². The van der Waals surface area contributed by atoms with Gasteiger partial charge < -0.3 is 0 Å². The lowest BCUT2D eigenvalue weighted by molar-refractivity contribution is 0.834. The topological polar surface area (TPSA) is 30.7 Å². The van der Waals surface area contributed by atoms with Crippen LogP contribution in [-0.4, -0.2) is 14.8 Å². The lowest BCUT2D eigenvalue weighted by Gasteiger charge is -1.96. The molecule has 0 unspecified atom stereocenters. The Kier molecular flexibility index (Phi) is 3.29. The molecule has 0 N–H and O–H groups in total. The van der Waals surface area contributed by atoms with Crippen LogP contribution in [0.1, 0.15) is 18.2 Å². The standard InChI is InChI=1S/C9H9Cl2N3S/c1-2-7-6(5-10)8(11)14(13-7)9-12-3-4-15-9/h3-4H,2,5H2,1H3. The molecule has 0 saturated carbocycles. The second kappa shape index (κ2) is 4.51.